The van der Waals surface area contributed by atoms with E-state index in [0.717, 1.165) is 23.5 Å². The van der Waals surface area contributed by atoms with E-state index in [4.69, 9.17) is 15.2 Å². The van der Waals surface area contributed by atoms with Gasteiger partial charge in [-0.15, -0.1) is 0 Å². The minimum Gasteiger partial charge on any atom is -0.469 e. The predicted octanol–water partition coefficient (Wildman–Crippen LogP) is 4.36. The Morgan fingerprint density at radius 2 is 1.93 bits per heavy atom. The van der Waals surface area contributed by atoms with Crippen LogP contribution in [0.2, 0.25) is 0 Å². The highest BCUT2D eigenvalue weighted by molar-refractivity contribution is 5.72. The highest BCUT2D eigenvalue weighted by atomic mass is 16.5. The molecule has 2 rings (SSSR count). The molecule has 152 valence electrons. The first-order valence-electron chi connectivity index (χ1n) is 10.2. The molecule has 1 atom stereocenters. The molecule has 1 aliphatic rings. The van der Waals surface area contributed by atoms with Crippen LogP contribution in [-0.2, 0) is 14.3 Å². The molecular formula is C22H36N2O3. The largest absolute Gasteiger partial charge is 0.469 e. The Morgan fingerprint density at radius 3 is 2.48 bits per heavy atom. The van der Waals surface area contributed by atoms with Crippen molar-refractivity contribution in [1.29, 1.82) is 0 Å². The number of rotatable bonds is 9. The predicted molar refractivity (Wildman–Crippen MR) is 111 cm³/mol. The molecule has 1 aromatic carbocycles. The number of carbonyl (C=O) groups is 1. The fourth-order valence-electron chi connectivity index (χ4n) is 4.08. The van der Waals surface area contributed by atoms with Crippen LogP contribution in [0.3, 0.4) is 0 Å². The van der Waals surface area contributed by atoms with Crippen LogP contribution in [0.25, 0.3) is 0 Å². The van der Waals surface area contributed by atoms with Crippen molar-refractivity contribution in [3.05, 3.63) is 23.8 Å². The third kappa shape index (κ3) is 6.13. The van der Waals surface area contributed by atoms with E-state index in [0.29, 0.717) is 25.0 Å². The second kappa shape index (κ2) is 10.5. The van der Waals surface area contributed by atoms with Crippen LogP contribution < -0.4 is 10.6 Å². The van der Waals surface area contributed by atoms with Gasteiger partial charge in [0.1, 0.15) is 0 Å². The van der Waals surface area contributed by atoms with Gasteiger partial charge in [0, 0.05) is 25.6 Å². The van der Waals surface area contributed by atoms with Crippen LogP contribution in [0.4, 0.5) is 11.4 Å². The maximum atomic E-state index is 11.7. The zero-order valence-electron chi connectivity index (χ0n) is 17.4. The SMILES string of the molecule is COCC(CC(=O)OC)c1ccc(N(CC(C)C)C2CCCCC2)c(N)c1. The Hall–Kier alpha value is -1.75. The molecule has 1 saturated carbocycles. The Kier molecular flexibility index (Phi) is 8.42. The Morgan fingerprint density at radius 1 is 1.22 bits per heavy atom. The van der Waals surface area contributed by atoms with E-state index in [2.05, 4.69) is 30.9 Å². The molecule has 0 aromatic heterocycles. The average molecular weight is 377 g/mol. The quantitative estimate of drug-likeness (QED) is 0.512. The summed E-state index contributed by atoms with van der Waals surface area (Å²) >= 11 is 0. The number of esters is 1. The fraction of sp³-hybridized carbons (Fsp3) is 0.682. The number of nitrogen functional groups attached to an aromatic ring is 1. The first kappa shape index (κ1) is 21.5. The lowest BCUT2D eigenvalue weighted by Gasteiger charge is -2.38. The number of hydrogen-bond acceptors (Lipinski definition) is 5. The van der Waals surface area contributed by atoms with Gasteiger partial charge in [-0.05, 0) is 36.5 Å². The van der Waals surface area contributed by atoms with Crippen molar-refractivity contribution in [2.75, 3.05) is 38.0 Å². The van der Waals surface area contributed by atoms with Crippen molar-refractivity contribution < 1.29 is 14.3 Å². The first-order chi connectivity index (χ1) is 13.0. The zero-order valence-corrected chi connectivity index (χ0v) is 17.4. The molecule has 1 fully saturated rings. The summed E-state index contributed by atoms with van der Waals surface area (Å²) in [4.78, 5) is 14.2. The number of methoxy groups -OCH3 is 2. The van der Waals surface area contributed by atoms with Crippen LogP contribution in [0.5, 0.6) is 0 Å². The summed E-state index contributed by atoms with van der Waals surface area (Å²) in [5.74, 6) is 0.293. The average Bonchev–Trinajstić information content (AvgIpc) is 2.66. The summed E-state index contributed by atoms with van der Waals surface area (Å²) in [6, 6.07) is 6.80. The molecule has 0 heterocycles. The minimum atomic E-state index is -0.233. The maximum absolute atomic E-state index is 11.7. The van der Waals surface area contributed by atoms with E-state index >= 15 is 0 Å². The molecule has 1 aliphatic carbocycles. The third-order valence-corrected chi connectivity index (χ3v) is 5.42. The first-order valence-corrected chi connectivity index (χ1v) is 10.2. The van der Waals surface area contributed by atoms with Gasteiger partial charge in [-0.3, -0.25) is 4.79 Å². The van der Waals surface area contributed by atoms with E-state index in [1.165, 1.54) is 39.2 Å². The van der Waals surface area contributed by atoms with Gasteiger partial charge in [-0.25, -0.2) is 0 Å². The Labute approximate surface area is 164 Å². The van der Waals surface area contributed by atoms with E-state index < -0.39 is 0 Å². The van der Waals surface area contributed by atoms with Gasteiger partial charge < -0.3 is 20.1 Å². The van der Waals surface area contributed by atoms with Crippen LogP contribution in [-0.4, -0.2) is 39.4 Å². The van der Waals surface area contributed by atoms with Gasteiger partial charge in [0.05, 0.1) is 31.5 Å². The molecule has 0 bridgehead atoms. The standard InChI is InChI=1S/C22H36N2O3/c1-16(2)14-24(19-8-6-5-7-9-19)21-11-10-17(12-20(21)23)18(15-26-3)13-22(25)27-4/h10-12,16,18-19H,5-9,13-15,23H2,1-4H3. The highest BCUT2D eigenvalue weighted by Crippen LogP contribution is 2.34. The summed E-state index contributed by atoms with van der Waals surface area (Å²) in [5.41, 5.74) is 9.43. The number of nitrogens with two attached hydrogens (primary N) is 1. The van der Waals surface area contributed by atoms with Crippen LogP contribution in [0.1, 0.15) is 63.9 Å². The second-order valence-corrected chi connectivity index (χ2v) is 8.09. The van der Waals surface area contributed by atoms with Gasteiger partial charge in [0.25, 0.3) is 0 Å². The number of hydrogen-bond donors (Lipinski definition) is 1. The summed E-state index contributed by atoms with van der Waals surface area (Å²) in [7, 11) is 3.06. The molecule has 0 aliphatic heterocycles. The summed E-state index contributed by atoms with van der Waals surface area (Å²) < 4.78 is 10.1. The number of benzene rings is 1. The molecular weight excluding hydrogens is 340 g/mol. The molecule has 0 saturated heterocycles. The van der Waals surface area contributed by atoms with E-state index in [1.807, 2.05) is 6.07 Å². The number of ether oxygens (including phenoxy) is 2. The van der Waals surface area contributed by atoms with Gasteiger partial charge in [-0.2, -0.15) is 0 Å². The van der Waals surface area contributed by atoms with Crippen LogP contribution >= 0.6 is 0 Å². The molecule has 5 nitrogen and oxygen atoms in total. The Bertz CT molecular complexity index is 597. The summed E-state index contributed by atoms with van der Waals surface area (Å²) in [6.45, 7) is 5.99. The van der Waals surface area contributed by atoms with Gasteiger partial charge >= 0.3 is 5.97 Å². The topological polar surface area (TPSA) is 64.8 Å². The summed E-state index contributed by atoms with van der Waals surface area (Å²) in [6.07, 6.45) is 6.71. The van der Waals surface area contributed by atoms with Crippen LogP contribution in [0, 0.1) is 5.92 Å². The van der Waals surface area contributed by atoms with Crippen molar-refractivity contribution in [2.45, 2.75) is 64.3 Å². The van der Waals surface area contributed by atoms with E-state index in [1.54, 1.807) is 7.11 Å². The number of anilines is 2. The number of carbonyl (C=O) groups excluding carboxylic acids is 1. The van der Waals surface area contributed by atoms with Gasteiger partial charge in [-0.1, -0.05) is 39.2 Å². The monoisotopic (exact) mass is 376 g/mol. The number of nitrogens with zero attached hydrogens (tertiary/aromatic N) is 1. The van der Waals surface area contributed by atoms with Gasteiger partial charge in [0.2, 0.25) is 0 Å². The maximum Gasteiger partial charge on any atom is 0.306 e. The lowest BCUT2D eigenvalue weighted by atomic mass is 9.92. The molecule has 1 aromatic rings. The van der Waals surface area contributed by atoms with Gasteiger partial charge in [0.15, 0.2) is 0 Å². The fourth-order valence-corrected chi connectivity index (χ4v) is 4.08. The van der Waals surface area contributed by atoms with E-state index in [-0.39, 0.29) is 11.9 Å². The van der Waals surface area contributed by atoms with Crippen molar-refractivity contribution in [3.63, 3.8) is 0 Å². The third-order valence-electron chi connectivity index (χ3n) is 5.42. The van der Waals surface area contributed by atoms with Crippen LogP contribution in [0.15, 0.2) is 18.2 Å². The normalized spacial score (nSPS) is 16.3. The molecule has 1 unspecified atom stereocenters. The lowest BCUT2D eigenvalue weighted by molar-refractivity contribution is -0.141. The lowest BCUT2D eigenvalue weighted by Crippen LogP contribution is -2.39. The molecule has 0 radical (unpaired) electrons. The smallest absolute Gasteiger partial charge is 0.306 e. The second-order valence-electron chi connectivity index (χ2n) is 8.09. The molecule has 0 spiro atoms. The molecule has 0 amide bonds. The molecule has 2 N–H and O–H groups in total. The minimum absolute atomic E-state index is 0.0490. The molecule has 27 heavy (non-hydrogen) atoms. The molecule has 5 heteroatoms. The van der Waals surface area contributed by atoms with Crippen molar-refractivity contribution in [1.82, 2.24) is 0 Å². The summed E-state index contributed by atoms with van der Waals surface area (Å²) in [5, 5.41) is 0. The Balaban J connectivity index is 2.26. The van der Waals surface area contributed by atoms with Crippen molar-refractivity contribution in [2.24, 2.45) is 5.92 Å². The van der Waals surface area contributed by atoms with E-state index in [9.17, 15) is 4.79 Å². The van der Waals surface area contributed by atoms with Crippen molar-refractivity contribution >= 4 is 17.3 Å². The highest BCUT2D eigenvalue weighted by Gasteiger charge is 2.25. The van der Waals surface area contributed by atoms with Crippen molar-refractivity contribution in [3.8, 4) is 0 Å². The zero-order chi connectivity index (χ0) is 19.8.